The van der Waals surface area contributed by atoms with Gasteiger partial charge >= 0.3 is 0 Å². The second-order valence-corrected chi connectivity index (χ2v) is 2.88. The van der Waals surface area contributed by atoms with Gasteiger partial charge in [0.1, 0.15) is 11.6 Å². The molecule has 0 radical (unpaired) electrons. The van der Waals surface area contributed by atoms with E-state index < -0.39 is 5.82 Å². The maximum atomic E-state index is 13.3. The maximum absolute atomic E-state index is 13.3. The molecule has 2 nitrogen and oxygen atoms in total. The predicted octanol–water partition coefficient (Wildman–Crippen LogP) is 2.27. The molecule has 2 aromatic carbocycles. The molecular weight excluding hydrogens is 169 g/mol. The van der Waals surface area contributed by atoms with Gasteiger partial charge in [-0.2, -0.15) is 0 Å². The number of halogens is 1. The minimum absolute atomic E-state index is 0.0602. The fraction of sp³-hybridized carbons (Fsp3) is 0. The number of aromatic hydroxyl groups is 1. The van der Waals surface area contributed by atoms with Crippen molar-refractivity contribution in [2.45, 2.75) is 0 Å². The Bertz CT molecular complexity index is 468. The van der Waals surface area contributed by atoms with Crippen LogP contribution in [-0.4, -0.2) is 5.11 Å². The molecule has 2 rings (SSSR count). The van der Waals surface area contributed by atoms with Crippen molar-refractivity contribution in [1.29, 1.82) is 0 Å². The van der Waals surface area contributed by atoms with Gasteiger partial charge in [0.25, 0.3) is 0 Å². The van der Waals surface area contributed by atoms with Crippen LogP contribution in [0.1, 0.15) is 0 Å². The summed E-state index contributed by atoms with van der Waals surface area (Å²) in [6, 6.07) is 7.62. The van der Waals surface area contributed by atoms with Crippen LogP contribution in [0, 0.1) is 5.82 Å². The third kappa shape index (κ3) is 1.18. The molecule has 0 aliphatic heterocycles. The molecule has 0 spiro atoms. The van der Waals surface area contributed by atoms with Crippen molar-refractivity contribution >= 4 is 16.5 Å². The third-order valence-electron chi connectivity index (χ3n) is 1.93. The molecule has 0 fully saturated rings. The second-order valence-electron chi connectivity index (χ2n) is 2.88. The Hall–Kier alpha value is -1.77. The first-order valence-electron chi connectivity index (χ1n) is 3.85. The quantitative estimate of drug-likeness (QED) is 0.606. The first kappa shape index (κ1) is 7.86. The molecule has 0 bridgehead atoms. The summed E-state index contributed by atoms with van der Waals surface area (Å²) in [4.78, 5) is 0. The summed E-state index contributed by atoms with van der Waals surface area (Å²) < 4.78 is 13.3. The van der Waals surface area contributed by atoms with Crippen LogP contribution in [0.3, 0.4) is 0 Å². The van der Waals surface area contributed by atoms with Crippen molar-refractivity contribution in [2.75, 3.05) is 5.73 Å². The van der Waals surface area contributed by atoms with E-state index in [9.17, 15) is 9.50 Å². The summed E-state index contributed by atoms with van der Waals surface area (Å²) in [5, 5.41) is 10.2. The molecule has 0 unspecified atom stereocenters. The van der Waals surface area contributed by atoms with E-state index in [1.54, 1.807) is 18.2 Å². The third-order valence-corrected chi connectivity index (χ3v) is 1.93. The Balaban J connectivity index is 2.94. The fourth-order valence-corrected chi connectivity index (χ4v) is 1.38. The molecule has 66 valence electrons. The van der Waals surface area contributed by atoms with Gasteiger partial charge in [0.05, 0.1) is 5.39 Å². The summed E-state index contributed by atoms with van der Waals surface area (Å²) in [6.45, 7) is 0. The van der Waals surface area contributed by atoms with Crippen LogP contribution in [0.5, 0.6) is 5.75 Å². The monoisotopic (exact) mass is 177 g/mol. The Kier molecular flexibility index (Phi) is 1.59. The van der Waals surface area contributed by atoms with E-state index in [4.69, 9.17) is 5.73 Å². The summed E-state index contributed by atoms with van der Waals surface area (Å²) in [6.07, 6.45) is 0. The zero-order chi connectivity index (χ0) is 9.42. The lowest BCUT2D eigenvalue weighted by atomic mass is 10.1. The predicted molar refractivity (Wildman–Crippen MR) is 50.0 cm³/mol. The second kappa shape index (κ2) is 2.62. The molecule has 0 amide bonds. The highest BCUT2D eigenvalue weighted by molar-refractivity contribution is 5.90. The SMILES string of the molecule is Nc1cc(F)c2c(O)cccc2c1. The smallest absolute Gasteiger partial charge is 0.136 e. The molecule has 3 N–H and O–H groups in total. The summed E-state index contributed by atoms with van der Waals surface area (Å²) in [7, 11) is 0. The van der Waals surface area contributed by atoms with Crippen molar-refractivity contribution in [3.8, 4) is 5.75 Å². The highest BCUT2D eigenvalue weighted by Gasteiger charge is 2.05. The zero-order valence-electron chi connectivity index (χ0n) is 6.79. The average Bonchev–Trinajstić information content (AvgIpc) is 2.02. The van der Waals surface area contributed by atoms with Gasteiger partial charge in [0, 0.05) is 5.69 Å². The van der Waals surface area contributed by atoms with E-state index in [2.05, 4.69) is 0 Å². The number of benzene rings is 2. The molecule has 0 aromatic heterocycles. The van der Waals surface area contributed by atoms with Gasteiger partial charge in [0.2, 0.25) is 0 Å². The molecule has 0 saturated carbocycles. The molecular formula is C10H8FNO. The lowest BCUT2D eigenvalue weighted by Crippen LogP contribution is -1.87. The molecule has 0 aliphatic rings. The number of phenols is 1. The van der Waals surface area contributed by atoms with Gasteiger partial charge in [-0.15, -0.1) is 0 Å². The maximum Gasteiger partial charge on any atom is 0.136 e. The zero-order valence-corrected chi connectivity index (χ0v) is 6.79. The van der Waals surface area contributed by atoms with Crippen LogP contribution in [0.4, 0.5) is 10.1 Å². The van der Waals surface area contributed by atoms with Crippen LogP contribution in [0.2, 0.25) is 0 Å². The topological polar surface area (TPSA) is 46.2 Å². The van der Waals surface area contributed by atoms with E-state index in [0.717, 1.165) is 0 Å². The Morgan fingerprint density at radius 3 is 2.77 bits per heavy atom. The van der Waals surface area contributed by atoms with Crippen molar-refractivity contribution in [2.24, 2.45) is 0 Å². The summed E-state index contributed by atoms with van der Waals surface area (Å²) in [5.74, 6) is -0.553. The highest BCUT2D eigenvalue weighted by Crippen LogP contribution is 2.28. The standard InChI is InChI=1S/C10H8FNO/c11-8-5-7(12)4-6-2-1-3-9(13)10(6)8/h1-5,13H,12H2. The number of phenolic OH excluding ortho intramolecular Hbond substituents is 1. The van der Waals surface area contributed by atoms with Crippen LogP contribution in [-0.2, 0) is 0 Å². The van der Waals surface area contributed by atoms with Gasteiger partial charge in [-0.1, -0.05) is 12.1 Å². The highest BCUT2D eigenvalue weighted by atomic mass is 19.1. The molecule has 0 heterocycles. The van der Waals surface area contributed by atoms with Crippen LogP contribution >= 0.6 is 0 Å². The van der Waals surface area contributed by atoms with Crippen LogP contribution < -0.4 is 5.73 Å². The summed E-state index contributed by atoms with van der Waals surface area (Å²) >= 11 is 0. The van der Waals surface area contributed by atoms with Crippen molar-refractivity contribution < 1.29 is 9.50 Å². The van der Waals surface area contributed by atoms with E-state index in [0.29, 0.717) is 11.1 Å². The number of rotatable bonds is 0. The minimum Gasteiger partial charge on any atom is -0.507 e. The summed E-state index contributed by atoms with van der Waals surface area (Å²) in [5.41, 5.74) is 5.81. The van der Waals surface area contributed by atoms with Gasteiger partial charge in [0.15, 0.2) is 0 Å². The molecule has 0 aliphatic carbocycles. The van der Waals surface area contributed by atoms with Crippen LogP contribution in [0.25, 0.3) is 10.8 Å². The van der Waals surface area contributed by atoms with Gasteiger partial charge in [-0.05, 0) is 23.6 Å². The average molecular weight is 177 g/mol. The Morgan fingerprint density at radius 1 is 1.23 bits per heavy atom. The van der Waals surface area contributed by atoms with E-state index in [1.807, 2.05) is 0 Å². The first-order chi connectivity index (χ1) is 6.18. The fourth-order valence-electron chi connectivity index (χ4n) is 1.38. The molecule has 13 heavy (non-hydrogen) atoms. The largest absolute Gasteiger partial charge is 0.507 e. The van der Waals surface area contributed by atoms with Crippen molar-refractivity contribution in [1.82, 2.24) is 0 Å². The number of hydrogen-bond donors (Lipinski definition) is 2. The lowest BCUT2D eigenvalue weighted by molar-refractivity contribution is 0.478. The van der Waals surface area contributed by atoms with Crippen molar-refractivity contribution in [3.63, 3.8) is 0 Å². The number of hydrogen-bond acceptors (Lipinski definition) is 2. The first-order valence-corrected chi connectivity index (χ1v) is 3.85. The minimum atomic E-state index is -0.493. The van der Waals surface area contributed by atoms with Gasteiger partial charge in [-0.25, -0.2) is 4.39 Å². The molecule has 0 saturated heterocycles. The molecule has 0 atom stereocenters. The number of nitrogens with two attached hydrogens (primary N) is 1. The van der Waals surface area contributed by atoms with Gasteiger partial charge < -0.3 is 10.8 Å². The normalized spacial score (nSPS) is 10.5. The van der Waals surface area contributed by atoms with E-state index in [-0.39, 0.29) is 11.1 Å². The molecule has 2 aromatic rings. The molecule has 3 heteroatoms. The van der Waals surface area contributed by atoms with Crippen molar-refractivity contribution in [3.05, 3.63) is 36.1 Å². The van der Waals surface area contributed by atoms with Crippen LogP contribution in [0.15, 0.2) is 30.3 Å². The number of anilines is 1. The number of fused-ring (bicyclic) bond motifs is 1. The van der Waals surface area contributed by atoms with Gasteiger partial charge in [-0.3, -0.25) is 0 Å². The Morgan fingerprint density at radius 2 is 2.00 bits per heavy atom. The van der Waals surface area contributed by atoms with E-state index in [1.165, 1.54) is 12.1 Å². The van der Waals surface area contributed by atoms with E-state index >= 15 is 0 Å². The Labute approximate surface area is 74.4 Å². The number of nitrogen functional groups attached to an aromatic ring is 1. The lowest BCUT2D eigenvalue weighted by Gasteiger charge is -2.02.